The van der Waals surface area contributed by atoms with Crippen molar-refractivity contribution in [3.05, 3.63) is 71.3 Å². The highest BCUT2D eigenvalue weighted by atomic mass is 16.6. The normalized spacial score (nSPS) is 20.7. The van der Waals surface area contributed by atoms with Gasteiger partial charge in [-0.25, -0.2) is 4.79 Å². The lowest BCUT2D eigenvalue weighted by Crippen LogP contribution is -2.48. The Balaban J connectivity index is 1.74. The van der Waals surface area contributed by atoms with Crippen LogP contribution in [0.4, 0.5) is 4.79 Å². The van der Waals surface area contributed by atoms with Crippen molar-refractivity contribution >= 4 is 6.09 Å². The number of carbonyl (C=O) groups is 1. The summed E-state index contributed by atoms with van der Waals surface area (Å²) in [6, 6.07) is 17.8. The predicted octanol–water partition coefficient (Wildman–Crippen LogP) is 4.57. The van der Waals surface area contributed by atoms with E-state index in [0.29, 0.717) is 32.2 Å². The third-order valence-corrected chi connectivity index (χ3v) is 5.88. The van der Waals surface area contributed by atoms with Crippen molar-refractivity contribution in [2.75, 3.05) is 13.2 Å². The zero-order valence-corrected chi connectivity index (χ0v) is 18.2. The number of rotatable bonds is 8. The van der Waals surface area contributed by atoms with Crippen LogP contribution in [0.3, 0.4) is 0 Å². The van der Waals surface area contributed by atoms with E-state index in [4.69, 9.17) is 4.74 Å². The average molecular weight is 412 g/mol. The van der Waals surface area contributed by atoms with E-state index in [0.717, 1.165) is 16.7 Å². The van der Waals surface area contributed by atoms with E-state index < -0.39 is 11.2 Å². The summed E-state index contributed by atoms with van der Waals surface area (Å²) in [6.07, 6.45) is 2.13. The highest BCUT2D eigenvalue weighted by Gasteiger charge is 2.43. The number of amides is 1. The molecule has 0 radical (unpaired) electrons. The first-order valence-electron chi connectivity index (χ1n) is 10.7. The monoisotopic (exact) mass is 411 g/mol. The molecule has 30 heavy (non-hydrogen) atoms. The summed E-state index contributed by atoms with van der Waals surface area (Å²) in [5.41, 5.74) is 1.64. The fourth-order valence-corrected chi connectivity index (χ4v) is 4.24. The fraction of sp³-hybridized carbons (Fsp3) is 0.480. The molecule has 2 unspecified atom stereocenters. The summed E-state index contributed by atoms with van der Waals surface area (Å²) in [6.45, 7) is 6.26. The van der Waals surface area contributed by atoms with E-state index >= 15 is 0 Å². The zero-order chi connectivity index (χ0) is 21.8. The van der Waals surface area contributed by atoms with Gasteiger partial charge in [-0.1, -0.05) is 54.6 Å². The minimum Gasteiger partial charge on any atom is -0.438 e. The molecule has 0 aromatic heterocycles. The Morgan fingerprint density at radius 2 is 1.80 bits per heavy atom. The molecule has 1 aliphatic heterocycles. The van der Waals surface area contributed by atoms with E-state index in [-0.39, 0.29) is 18.7 Å². The van der Waals surface area contributed by atoms with Gasteiger partial charge in [0, 0.05) is 26.0 Å². The summed E-state index contributed by atoms with van der Waals surface area (Å²) in [7, 11) is 0. The molecule has 1 fully saturated rings. The number of aliphatic hydroxyl groups excluding tert-OH is 1. The maximum Gasteiger partial charge on any atom is 0.411 e. The molecule has 5 heteroatoms. The molecule has 0 bridgehead atoms. The van der Waals surface area contributed by atoms with Crippen molar-refractivity contribution < 1.29 is 19.7 Å². The van der Waals surface area contributed by atoms with Gasteiger partial charge in [0.05, 0.1) is 11.6 Å². The molecule has 1 heterocycles. The van der Waals surface area contributed by atoms with Crippen molar-refractivity contribution in [1.29, 1.82) is 0 Å². The molecule has 5 nitrogen and oxygen atoms in total. The van der Waals surface area contributed by atoms with Crippen LogP contribution in [0.15, 0.2) is 54.6 Å². The van der Waals surface area contributed by atoms with Gasteiger partial charge < -0.3 is 19.8 Å². The molecule has 2 aromatic rings. The molecule has 1 amide bonds. The van der Waals surface area contributed by atoms with Crippen LogP contribution >= 0.6 is 0 Å². The fourth-order valence-electron chi connectivity index (χ4n) is 4.24. The molecule has 1 saturated heterocycles. The smallest absolute Gasteiger partial charge is 0.411 e. The van der Waals surface area contributed by atoms with Gasteiger partial charge >= 0.3 is 6.09 Å². The Hall–Kier alpha value is -2.37. The second kappa shape index (κ2) is 9.19. The summed E-state index contributed by atoms with van der Waals surface area (Å²) in [4.78, 5) is 14.8. The van der Waals surface area contributed by atoms with Crippen LogP contribution in [0, 0.1) is 0 Å². The molecule has 1 aliphatic rings. The van der Waals surface area contributed by atoms with Gasteiger partial charge in [-0.2, -0.15) is 0 Å². The maximum atomic E-state index is 13.0. The van der Waals surface area contributed by atoms with Crippen LogP contribution < -0.4 is 0 Å². The Morgan fingerprint density at radius 1 is 1.13 bits per heavy atom. The Morgan fingerprint density at radius 3 is 2.37 bits per heavy atom. The van der Waals surface area contributed by atoms with Crippen LogP contribution in [0.2, 0.25) is 0 Å². The minimum atomic E-state index is -0.751. The van der Waals surface area contributed by atoms with Crippen LogP contribution in [0.5, 0.6) is 0 Å². The Bertz CT molecular complexity index is 828. The molecule has 2 N–H and O–H groups in total. The largest absolute Gasteiger partial charge is 0.438 e. The maximum absolute atomic E-state index is 13.0. The molecule has 0 saturated carbocycles. The number of aliphatic hydroxyl groups is 2. The van der Waals surface area contributed by atoms with Crippen LogP contribution in [-0.2, 0) is 16.8 Å². The highest BCUT2D eigenvalue weighted by Crippen LogP contribution is 2.40. The van der Waals surface area contributed by atoms with Crippen LogP contribution in [0.25, 0.3) is 0 Å². The number of cyclic esters (lactones) is 1. The van der Waals surface area contributed by atoms with E-state index in [1.807, 2.05) is 61.5 Å². The van der Waals surface area contributed by atoms with Crippen molar-refractivity contribution in [1.82, 2.24) is 4.90 Å². The van der Waals surface area contributed by atoms with Crippen molar-refractivity contribution in [3.63, 3.8) is 0 Å². The van der Waals surface area contributed by atoms with Gasteiger partial charge in [-0.05, 0) is 50.3 Å². The van der Waals surface area contributed by atoms with Crippen molar-refractivity contribution in [3.8, 4) is 0 Å². The topological polar surface area (TPSA) is 70.0 Å². The number of carbonyl (C=O) groups excluding carboxylic acids is 1. The molecule has 3 rings (SSSR count). The minimum absolute atomic E-state index is 0.0727. The molecule has 162 valence electrons. The second-order valence-electron chi connectivity index (χ2n) is 8.91. The lowest BCUT2D eigenvalue weighted by Gasteiger charge is -2.43. The second-order valence-corrected chi connectivity index (χ2v) is 8.91. The van der Waals surface area contributed by atoms with Crippen LogP contribution in [-0.4, -0.2) is 40.0 Å². The van der Waals surface area contributed by atoms with Gasteiger partial charge in [0.2, 0.25) is 0 Å². The lowest BCUT2D eigenvalue weighted by atomic mass is 9.84. The SMILES string of the molecule is CC(c1ccc(CC(C)(C)O)cc1)N1CCC(CCCO)(c2ccccc2)OC1=O. The standard InChI is InChI=1S/C25H33NO4/c1-19(21-12-10-20(11-13-21)18-24(2,3)29)26-16-15-25(14-7-17-27,30-23(26)28)22-8-5-4-6-9-22/h4-6,8-13,19,27,29H,7,14-18H2,1-3H3. The van der Waals surface area contributed by atoms with Crippen LogP contribution in [0.1, 0.15) is 62.8 Å². The highest BCUT2D eigenvalue weighted by molar-refractivity contribution is 5.70. The Labute approximate surface area is 179 Å². The summed E-state index contributed by atoms with van der Waals surface area (Å²) >= 11 is 0. The van der Waals surface area contributed by atoms with Gasteiger partial charge in [-0.15, -0.1) is 0 Å². The van der Waals surface area contributed by atoms with Gasteiger partial charge in [0.1, 0.15) is 5.60 Å². The first kappa shape index (κ1) is 22.3. The number of hydrogen-bond acceptors (Lipinski definition) is 4. The quantitative estimate of drug-likeness (QED) is 0.667. The number of nitrogens with zero attached hydrogens (tertiary/aromatic N) is 1. The first-order valence-corrected chi connectivity index (χ1v) is 10.7. The van der Waals surface area contributed by atoms with E-state index in [1.165, 1.54) is 0 Å². The molecule has 2 atom stereocenters. The number of ether oxygens (including phenoxy) is 1. The lowest BCUT2D eigenvalue weighted by molar-refractivity contribution is -0.0680. The zero-order valence-electron chi connectivity index (χ0n) is 18.2. The number of benzene rings is 2. The predicted molar refractivity (Wildman–Crippen MR) is 117 cm³/mol. The summed E-state index contributed by atoms with van der Waals surface area (Å²) in [5.74, 6) is 0. The summed E-state index contributed by atoms with van der Waals surface area (Å²) in [5, 5.41) is 19.3. The Kier molecular flexibility index (Phi) is 6.84. The van der Waals surface area contributed by atoms with Gasteiger partial charge in [0.15, 0.2) is 0 Å². The first-order chi connectivity index (χ1) is 14.2. The third-order valence-electron chi connectivity index (χ3n) is 5.88. The molecular formula is C25H33NO4. The van der Waals surface area contributed by atoms with Gasteiger partial charge in [-0.3, -0.25) is 0 Å². The molecule has 0 spiro atoms. The molecular weight excluding hydrogens is 378 g/mol. The van der Waals surface area contributed by atoms with E-state index in [1.54, 1.807) is 18.7 Å². The number of hydrogen-bond donors (Lipinski definition) is 2. The van der Waals surface area contributed by atoms with Gasteiger partial charge in [0.25, 0.3) is 0 Å². The average Bonchev–Trinajstić information content (AvgIpc) is 2.72. The molecule has 0 aliphatic carbocycles. The van der Waals surface area contributed by atoms with Crippen molar-refractivity contribution in [2.24, 2.45) is 0 Å². The van der Waals surface area contributed by atoms with E-state index in [2.05, 4.69) is 0 Å². The molecule has 2 aromatic carbocycles. The summed E-state index contributed by atoms with van der Waals surface area (Å²) < 4.78 is 6.05. The van der Waals surface area contributed by atoms with E-state index in [9.17, 15) is 15.0 Å². The third kappa shape index (κ3) is 5.21. The van der Waals surface area contributed by atoms with Crippen molar-refractivity contribution in [2.45, 2.75) is 63.7 Å².